The number of halogens is 16. The first kappa shape index (κ1) is 28.8. The van der Waals surface area contributed by atoms with E-state index in [2.05, 4.69) is 14.2 Å². The Kier molecular flexibility index (Phi) is 7.96. The van der Waals surface area contributed by atoms with Gasteiger partial charge in [0.2, 0.25) is 0 Å². The summed E-state index contributed by atoms with van der Waals surface area (Å²) >= 11 is 0. The van der Waals surface area contributed by atoms with E-state index in [-0.39, 0.29) is 0 Å². The summed E-state index contributed by atoms with van der Waals surface area (Å²) in [6, 6.07) is 0. The predicted octanol–water partition coefficient (Wildman–Crippen LogP) is 5.78. The molecule has 1 saturated heterocycles. The van der Waals surface area contributed by atoms with Crippen molar-refractivity contribution < 1.29 is 84.5 Å². The van der Waals surface area contributed by atoms with Crippen molar-refractivity contribution >= 4 is 0 Å². The lowest BCUT2D eigenvalue weighted by Gasteiger charge is -2.39. The maximum atomic E-state index is 13.6. The van der Waals surface area contributed by atoms with Gasteiger partial charge < -0.3 is 9.47 Å². The Labute approximate surface area is 166 Å². The van der Waals surface area contributed by atoms with Crippen molar-refractivity contribution in [1.29, 1.82) is 0 Å². The van der Waals surface area contributed by atoms with Crippen LogP contribution in [0.2, 0.25) is 0 Å². The van der Waals surface area contributed by atoms with Crippen molar-refractivity contribution in [1.82, 2.24) is 0 Å². The smallest absolute Gasteiger partial charge is 0.327 e. The lowest BCUT2D eigenvalue weighted by Crippen LogP contribution is -2.70. The summed E-state index contributed by atoms with van der Waals surface area (Å²) in [6.45, 7) is -3.27. The monoisotopic (exact) mass is 518 g/mol. The van der Waals surface area contributed by atoms with E-state index in [0.717, 1.165) is 0 Å². The van der Waals surface area contributed by atoms with Gasteiger partial charge in [-0.05, 0) is 6.42 Å². The van der Waals surface area contributed by atoms with E-state index in [1.54, 1.807) is 0 Å². The molecule has 0 radical (unpaired) electrons. The van der Waals surface area contributed by atoms with Crippen LogP contribution < -0.4 is 0 Å². The summed E-state index contributed by atoms with van der Waals surface area (Å²) in [7, 11) is 0. The molecule has 1 heterocycles. The third kappa shape index (κ3) is 4.97. The Morgan fingerprint density at radius 1 is 0.719 bits per heavy atom. The molecule has 0 spiro atoms. The zero-order valence-corrected chi connectivity index (χ0v) is 14.7. The van der Waals surface area contributed by atoms with Gasteiger partial charge >= 0.3 is 35.8 Å². The fourth-order valence-electron chi connectivity index (χ4n) is 2.11. The van der Waals surface area contributed by atoms with Crippen LogP contribution in [-0.4, -0.2) is 67.8 Å². The van der Waals surface area contributed by atoms with Crippen molar-refractivity contribution in [3.05, 3.63) is 0 Å². The van der Waals surface area contributed by atoms with Crippen molar-refractivity contribution in [2.45, 2.75) is 74.0 Å². The molecule has 0 aromatic heterocycles. The van der Waals surface area contributed by atoms with Gasteiger partial charge in [-0.2, -0.15) is 57.1 Å². The lowest BCUT2D eigenvalue weighted by molar-refractivity contribution is -0.440. The maximum Gasteiger partial charge on any atom is 0.460 e. The molecule has 0 amide bonds. The van der Waals surface area contributed by atoms with Gasteiger partial charge in [-0.3, -0.25) is 4.74 Å². The first-order valence-corrected chi connectivity index (χ1v) is 7.83. The molecule has 19 heteroatoms. The molecule has 1 aliphatic heterocycles. The number of alkyl halides is 16. The Hall–Kier alpha value is -1.24. The zero-order chi connectivity index (χ0) is 25.6. The summed E-state index contributed by atoms with van der Waals surface area (Å²) in [4.78, 5) is 0. The largest absolute Gasteiger partial charge is 0.460 e. The maximum absolute atomic E-state index is 13.6. The second kappa shape index (κ2) is 8.84. The Balaban J connectivity index is 2.96. The molecule has 0 aliphatic carbocycles. The van der Waals surface area contributed by atoms with Crippen LogP contribution in [0.15, 0.2) is 0 Å². The second-order valence-electron chi connectivity index (χ2n) is 6.24. The molecule has 3 unspecified atom stereocenters. The van der Waals surface area contributed by atoms with E-state index < -0.39 is 80.6 Å². The van der Waals surface area contributed by atoms with E-state index in [0.29, 0.717) is 0 Å². The molecule has 32 heavy (non-hydrogen) atoms. The molecule has 0 N–H and O–H groups in total. The SMILES string of the molecule is FC(F)C(F)OC1OCC(CCC(F)(F)C(F)(F)C(F)(F)C(F)(F)C(F)(F)C(F)(F)F)O1. The Bertz CT molecular complexity index is 633. The van der Waals surface area contributed by atoms with Crippen LogP contribution in [0, 0.1) is 0 Å². The molecular formula is C13H10F16O3. The normalized spacial score (nSPS) is 23.2. The average molecular weight is 518 g/mol. The van der Waals surface area contributed by atoms with Crippen LogP contribution in [0.1, 0.15) is 12.8 Å². The summed E-state index contributed by atoms with van der Waals surface area (Å²) in [5, 5.41) is 0. The van der Waals surface area contributed by atoms with E-state index in [9.17, 15) is 70.2 Å². The standard InChI is InChI=1S/C13H10F16O3/c14-5(15)6(16)32-7-30-3-4(31-7)1-2-8(17,18)9(19,20)10(21,22)11(23,24)12(25,26)13(27,28)29/h4-7H,1-3H2. The zero-order valence-electron chi connectivity index (χ0n) is 14.7. The van der Waals surface area contributed by atoms with Gasteiger partial charge in [0.1, 0.15) is 0 Å². The molecular weight excluding hydrogens is 508 g/mol. The molecule has 1 fully saturated rings. The predicted molar refractivity (Wildman–Crippen MR) is 66.6 cm³/mol. The van der Waals surface area contributed by atoms with Crippen LogP contribution in [0.25, 0.3) is 0 Å². The quantitative estimate of drug-likeness (QED) is 0.344. The lowest BCUT2D eigenvalue weighted by atomic mass is 9.91. The first-order valence-electron chi connectivity index (χ1n) is 7.83. The van der Waals surface area contributed by atoms with Gasteiger partial charge in [0.15, 0.2) is 0 Å². The van der Waals surface area contributed by atoms with Gasteiger partial charge in [-0.1, -0.05) is 0 Å². The van der Waals surface area contributed by atoms with E-state index in [1.165, 1.54) is 0 Å². The molecule has 1 aliphatic rings. The van der Waals surface area contributed by atoms with Gasteiger partial charge in [0.05, 0.1) is 12.7 Å². The minimum Gasteiger partial charge on any atom is -0.327 e. The number of ether oxygens (including phenoxy) is 3. The highest BCUT2D eigenvalue weighted by Gasteiger charge is 2.90. The average Bonchev–Trinajstić information content (AvgIpc) is 3.05. The topological polar surface area (TPSA) is 27.7 Å². The van der Waals surface area contributed by atoms with E-state index in [1.807, 2.05) is 0 Å². The van der Waals surface area contributed by atoms with Crippen LogP contribution in [0.3, 0.4) is 0 Å². The fraction of sp³-hybridized carbons (Fsp3) is 1.00. The highest BCUT2D eigenvalue weighted by Crippen LogP contribution is 2.60. The summed E-state index contributed by atoms with van der Waals surface area (Å²) < 4.78 is 217. The van der Waals surface area contributed by atoms with Crippen LogP contribution in [0.4, 0.5) is 70.2 Å². The molecule has 192 valence electrons. The van der Waals surface area contributed by atoms with Gasteiger partial charge in [0.25, 0.3) is 19.3 Å². The van der Waals surface area contributed by atoms with Crippen molar-refractivity contribution in [3.63, 3.8) is 0 Å². The van der Waals surface area contributed by atoms with Gasteiger partial charge in [0, 0.05) is 6.42 Å². The molecule has 0 aromatic carbocycles. The van der Waals surface area contributed by atoms with E-state index >= 15 is 0 Å². The molecule has 3 nitrogen and oxygen atoms in total. The molecule has 0 saturated carbocycles. The minimum absolute atomic E-state index is 0.971. The second-order valence-corrected chi connectivity index (χ2v) is 6.24. The van der Waals surface area contributed by atoms with Crippen molar-refractivity contribution in [2.75, 3.05) is 6.61 Å². The highest BCUT2D eigenvalue weighted by molar-refractivity contribution is 5.10. The van der Waals surface area contributed by atoms with Crippen LogP contribution in [0.5, 0.6) is 0 Å². The summed E-state index contributed by atoms with van der Waals surface area (Å²) in [5.41, 5.74) is 0. The highest BCUT2D eigenvalue weighted by atomic mass is 19.4. The number of rotatable bonds is 10. The van der Waals surface area contributed by atoms with Gasteiger partial charge in [-0.25, -0.2) is 13.2 Å². The molecule has 3 atom stereocenters. The molecule has 0 bridgehead atoms. The Morgan fingerprint density at radius 3 is 1.62 bits per heavy atom. The van der Waals surface area contributed by atoms with Crippen LogP contribution in [-0.2, 0) is 14.2 Å². The minimum atomic E-state index is -8.01. The summed E-state index contributed by atoms with van der Waals surface area (Å²) in [6.07, 6.45) is -20.5. The first-order chi connectivity index (χ1) is 14.0. The van der Waals surface area contributed by atoms with Crippen molar-refractivity contribution in [2.24, 2.45) is 0 Å². The van der Waals surface area contributed by atoms with E-state index in [4.69, 9.17) is 0 Å². The van der Waals surface area contributed by atoms with Crippen LogP contribution >= 0.6 is 0 Å². The third-order valence-corrected chi connectivity index (χ3v) is 3.94. The fourth-order valence-corrected chi connectivity index (χ4v) is 2.11. The molecule has 0 aromatic rings. The van der Waals surface area contributed by atoms with Crippen molar-refractivity contribution in [3.8, 4) is 0 Å². The van der Waals surface area contributed by atoms with Gasteiger partial charge in [-0.15, -0.1) is 0 Å². The number of hydrogen-bond donors (Lipinski definition) is 0. The summed E-state index contributed by atoms with van der Waals surface area (Å²) in [5.74, 6) is -37.5. The third-order valence-electron chi connectivity index (χ3n) is 3.94. The Morgan fingerprint density at radius 2 is 1.19 bits per heavy atom. The molecule has 1 rings (SSSR count). The number of hydrogen-bond acceptors (Lipinski definition) is 3.